The van der Waals surface area contributed by atoms with Gasteiger partial charge in [0.05, 0.1) is 0 Å². The van der Waals surface area contributed by atoms with Crippen molar-refractivity contribution in [3.8, 4) is 0 Å². The van der Waals surface area contributed by atoms with Gasteiger partial charge in [-0.05, 0) is 65.2 Å². The molecule has 4 nitrogen and oxygen atoms in total. The summed E-state index contributed by atoms with van der Waals surface area (Å²) < 4.78 is 5.46. The number of hydrogen-bond acceptors (Lipinski definition) is 4. The SMILES string of the molecule is CSC1CCCCC1NCC1CCN(C(=O)OC(C)(C)C)CC1. The Morgan fingerprint density at radius 2 is 1.83 bits per heavy atom. The lowest BCUT2D eigenvalue weighted by atomic mass is 9.92. The molecule has 0 aromatic rings. The molecule has 0 radical (unpaired) electrons. The minimum Gasteiger partial charge on any atom is -0.444 e. The van der Waals surface area contributed by atoms with Crippen LogP contribution in [0.3, 0.4) is 0 Å². The largest absolute Gasteiger partial charge is 0.444 e. The third-order valence-corrected chi connectivity index (χ3v) is 6.11. The molecule has 0 bridgehead atoms. The number of nitrogens with one attached hydrogen (secondary N) is 1. The van der Waals surface area contributed by atoms with E-state index in [1.165, 1.54) is 25.7 Å². The van der Waals surface area contributed by atoms with Crippen molar-refractivity contribution in [2.45, 2.75) is 76.2 Å². The number of thioether (sulfide) groups is 1. The topological polar surface area (TPSA) is 41.6 Å². The number of ether oxygens (including phenoxy) is 1. The Balaban J connectivity index is 1.69. The molecule has 1 amide bonds. The van der Waals surface area contributed by atoms with Gasteiger partial charge >= 0.3 is 6.09 Å². The second-order valence-corrected chi connectivity index (χ2v) is 9.06. The monoisotopic (exact) mass is 342 g/mol. The molecule has 2 atom stereocenters. The third kappa shape index (κ3) is 6.18. The Kier molecular flexibility index (Phi) is 7.08. The molecule has 134 valence electrons. The van der Waals surface area contributed by atoms with Gasteiger partial charge in [-0.1, -0.05) is 12.8 Å². The summed E-state index contributed by atoms with van der Waals surface area (Å²) in [4.78, 5) is 14.0. The van der Waals surface area contributed by atoms with Crippen molar-refractivity contribution >= 4 is 17.9 Å². The zero-order valence-corrected chi connectivity index (χ0v) is 16.1. The van der Waals surface area contributed by atoms with E-state index in [2.05, 4.69) is 11.6 Å². The summed E-state index contributed by atoms with van der Waals surface area (Å²) in [6.07, 6.45) is 9.69. The summed E-state index contributed by atoms with van der Waals surface area (Å²) in [7, 11) is 0. The summed E-state index contributed by atoms with van der Waals surface area (Å²) in [6.45, 7) is 8.54. The standard InChI is InChI=1S/C18H34N2O2S/c1-18(2,3)22-17(21)20-11-9-14(10-12-20)13-19-15-7-5-6-8-16(15)23-4/h14-16,19H,5-13H2,1-4H3. The molecule has 23 heavy (non-hydrogen) atoms. The van der Waals surface area contributed by atoms with Gasteiger partial charge in [0.1, 0.15) is 5.60 Å². The summed E-state index contributed by atoms with van der Waals surface area (Å²) in [6, 6.07) is 0.683. The van der Waals surface area contributed by atoms with Gasteiger partial charge in [0.2, 0.25) is 0 Å². The highest BCUT2D eigenvalue weighted by molar-refractivity contribution is 7.99. The van der Waals surface area contributed by atoms with Crippen molar-refractivity contribution in [3.05, 3.63) is 0 Å². The second-order valence-electron chi connectivity index (χ2n) is 7.98. The van der Waals surface area contributed by atoms with E-state index in [9.17, 15) is 4.79 Å². The molecular formula is C18H34N2O2S. The molecule has 2 unspecified atom stereocenters. The van der Waals surface area contributed by atoms with E-state index in [4.69, 9.17) is 4.74 Å². The van der Waals surface area contributed by atoms with E-state index in [-0.39, 0.29) is 6.09 Å². The first kappa shape index (κ1) is 18.9. The Bertz CT molecular complexity index is 376. The first-order valence-corrected chi connectivity index (χ1v) is 10.4. The molecule has 2 aliphatic rings. The van der Waals surface area contributed by atoms with Crippen LogP contribution >= 0.6 is 11.8 Å². The minimum absolute atomic E-state index is 0.154. The smallest absolute Gasteiger partial charge is 0.410 e. The van der Waals surface area contributed by atoms with Gasteiger partial charge in [-0.25, -0.2) is 4.79 Å². The normalized spacial score (nSPS) is 27.0. The minimum atomic E-state index is -0.400. The maximum atomic E-state index is 12.1. The fourth-order valence-corrected chi connectivity index (χ4v) is 4.54. The summed E-state index contributed by atoms with van der Waals surface area (Å²) in [5, 5.41) is 4.60. The van der Waals surface area contributed by atoms with Crippen molar-refractivity contribution < 1.29 is 9.53 Å². The van der Waals surface area contributed by atoms with Crippen LogP contribution in [0.25, 0.3) is 0 Å². The molecule has 1 aliphatic carbocycles. The fourth-order valence-electron chi connectivity index (χ4n) is 3.58. The molecule has 5 heteroatoms. The van der Waals surface area contributed by atoms with Gasteiger partial charge in [0.15, 0.2) is 0 Å². The van der Waals surface area contributed by atoms with Crippen molar-refractivity contribution in [3.63, 3.8) is 0 Å². The van der Waals surface area contributed by atoms with Crippen LogP contribution in [0, 0.1) is 5.92 Å². The number of hydrogen-bond donors (Lipinski definition) is 1. The van der Waals surface area contributed by atoms with Gasteiger partial charge in [0, 0.05) is 24.4 Å². The highest BCUT2D eigenvalue weighted by Gasteiger charge is 2.28. The maximum Gasteiger partial charge on any atom is 0.410 e. The Morgan fingerprint density at radius 3 is 2.43 bits per heavy atom. The maximum absolute atomic E-state index is 12.1. The van der Waals surface area contributed by atoms with Crippen LogP contribution in [0.5, 0.6) is 0 Å². The molecule has 1 saturated carbocycles. The van der Waals surface area contributed by atoms with Crippen LogP contribution in [-0.2, 0) is 4.74 Å². The van der Waals surface area contributed by atoms with Crippen LogP contribution in [0.1, 0.15) is 59.3 Å². The number of nitrogens with zero attached hydrogens (tertiary/aromatic N) is 1. The highest BCUT2D eigenvalue weighted by Crippen LogP contribution is 2.28. The predicted octanol–water partition coefficient (Wildman–Crippen LogP) is 3.90. The molecule has 2 rings (SSSR count). The molecule has 1 aliphatic heterocycles. The van der Waals surface area contributed by atoms with Crippen molar-refractivity contribution in [1.29, 1.82) is 0 Å². The Hall–Kier alpha value is -0.420. The summed E-state index contributed by atoms with van der Waals surface area (Å²) >= 11 is 2.02. The molecular weight excluding hydrogens is 308 g/mol. The average molecular weight is 343 g/mol. The van der Waals surface area contributed by atoms with Gasteiger partial charge < -0.3 is 15.0 Å². The van der Waals surface area contributed by atoms with Gasteiger partial charge in [-0.2, -0.15) is 11.8 Å². The fraction of sp³-hybridized carbons (Fsp3) is 0.944. The quantitative estimate of drug-likeness (QED) is 0.841. The van der Waals surface area contributed by atoms with E-state index in [1.54, 1.807) is 0 Å². The number of rotatable bonds is 4. The van der Waals surface area contributed by atoms with Crippen LogP contribution in [0.15, 0.2) is 0 Å². The molecule has 2 fully saturated rings. The lowest BCUT2D eigenvalue weighted by Crippen LogP contribution is -2.46. The van der Waals surface area contributed by atoms with E-state index >= 15 is 0 Å². The average Bonchev–Trinajstić information content (AvgIpc) is 2.52. The first-order valence-electron chi connectivity index (χ1n) is 9.13. The zero-order valence-electron chi connectivity index (χ0n) is 15.3. The van der Waals surface area contributed by atoms with Crippen molar-refractivity contribution in [2.75, 3.05) is 25.9 Å². The highest BCUT2D eigenvalue weighted by atomic mass is 32.2. The number of carbonyl (C=O) groups is 1. The van der Waals surface area contributed by atoms with E-state index in [1.807, 2.05) is 37.4 Å². The summed E-state index contributed by atoms with van der Waals surface area (Å²) in [5.41, 5.74) is -0.400. The van der Waals surface area contributed by atoms with E-state index in [0.29, 0.717) is 12.0 Å². The van der Waals surface area contributed by atoms with Gasteiger partial charge in [-0.3, -0.25) is 0 Å². The lowest BCUT2D eigenvalue weighted by molar-refractivity contribution is 0.0183. The molecule has 0 aromatic carbocycles. The lowest BCUT2D eigenvalue weighted by Gasteiger charge is -2.36. The molecule has 1 heterocycles. The molecule has 1 saturated heterocycles. The molecule has 0 spiro atoms. The Labute approximate surface area is 146 Å². The van der Waals surface area contributed by atoms with Gasteiger partial charge in [-0.15, -0.1) is 0 Å². The first-order chi connectivity index (χ1) is 10.9. The van der Waals surface area contributed by atoms with Crippen molar-refractivity contribution in [2.24, 2.45) is 5.92 Å². The number of piperidine rings is 1. The number of carbonyl (C=O) groups excluding carboxylic acids is 1. The zero-order chi connectivity index (χ0) is 16.9. The second kappa shape index (κ2) is 8.61. The van der Waals surface area contributed by atoms with Crippen LogP contribution in [0.2, 0.25) is 0 Å². The summed E-state index contributed by atoms with van der Waals surface area (Å²) in [5.74, 6) is 0.693. The Morgan fingerprint density at radius 1 is 1.17 bits per heavy atom. The van der Waals surface area contributed by atoms with Crippen LogP contribution in [-0.4, -0.2) is 53.8 Å². The third-order valence-electron chi connectivity index (χ3n) is 4.94. The van der Waals surface area contributed by atoms with E-state index < -0.39 is 5.60 Å². The van der Waals surface area contributed by atoms with E-state index in [0.717, 1.165) is 37.7 Å². The number of likely N-dealkylation sites (tertiary alicyclic amines) is 1. The molecule has 0 aromatic heterocycles. The van der Waals surface area contributed by atoms with Gasteiger partial charge in [0.25, 0.3) is 0 Å². The van der Waals surface area contributed by atoms with Crippen LogP contribution in [0.4, 0.5) is 4.79 Å². The predicted molar refractivity (Wildman–Crippen MR) is 98.1 cm³/mol. The van der Waals surface area contributed by atoms with Crippen molar-refractivity contribution in [1.82, 2.24) is 10.2 Å². The number of amides is 1. The van der Waals surface area contributed by atoms with Crippen LogP contribution < -0.4 is 5.32 Å². The molecule has 1 N–H and O–H groups in total.